The minimum absolute atomic E-state index is 0.160. The molecule has 1 amide bonds. The fourth-order valence-electron chi connectivity index (χ4n) is 3.21. The first-order chi connectivity index (χ1) is 12.3. The van der Waals surface area contributed by atoms with E-state index in [-0.39, 0.29) is 17.5 Å². The van der Waals surface area contributed by atoms with E-state index < -0.39 is 10.0 Å². The fraction of sp³-hybridized carbons (Fsp3) is 0.412. The van der Waals surface area contributed by atoms with Crippen LogP contribution in [0.1, 0.15) is 18.5 Å². The summed E-state index contributed by atoms with van der Waals surface area (Å²) >= 11 is 0. The van der Waals surface area contributed by atoms with Gasteiger partial charge in [-0.1, -0.05) is 12.1 Å². The average molecular weight is 378 g/mol. The predicted molar refractivity (Wildman–Crippen MR) is 98.9 cm³/mol. The second-order valence-electron chi connectivity index (χ2n) is 6.51. The lowest BCUT2D eigenvalue weighted by molar-refractivity contribution is -0.120. The number of carbonyl (C=O) groups excluding carboxylic acids is 1. The van der Waals surface area contributed by atoms with Gasteiger partial charge in [-0.15, -0.1) is 0 Å². The van der Waals surface area contributed by atoms with E-state index in [0.29, 0.717) is 37.3 Å². The van der Waals surface area contributed by atoms with Crippen molar-refractivity contribution in [2.45, 2.75) is 19.8 Å². The number of nitrogens with one attached hydrogen (secondary N) is 2. The van der Waals surface area contributed by atoms with Gasteiger partial charge in [0.1, 0.15) is 0 Å². The summed E-state index contributed by atoms with van der Waals surface area (Å²) in [5.74, 6) is -0.420. The number of para-hydroxylation sites is 2. The van der Waals surface area contributed by atoms with Gasteiger partial charge < -0.3 is 10.3 Å². The number of amides is 1. The van der Waals surface area contributed by atoms with Crippen molar-refractivity contribution in [1.82, 2.24) is 13.9 Å². The molecule has 0 unspecified atom stereocenters. The Morgan fingerprint density at radius 2 is 1.88 bits per heavy atom. The molecule has 1 aromatic heterocycles. The van der Waals surface area contributed by atoms with E-state index in [1.165, 1.54) is 15.1 Å². The zero-order valence-electron chi connectivity index (χ0n) is 14.7. The van der Waals surface area contributed by atoms with Gasteiger partial charge in [0, 0.05) is 30.9 Å². The summed E-state index contributed by atoms with van der Waals surface area (Å²) in [6.45, 7) is 2.49. The molecule has 0 radical (unpaired) electrons. The molecule has 26 heavy (non-hydrogen) atoms. The van der Waals surface area contributed by atoms with E-state index in [1.54, 1.807) is 37.4 Å². The summed E-state index contributed by atoms with van der Waals surface area (Å²) in [6, 6.07) is 7.11. The number of aromatic nitrogens is 2. The first-order valence-corrected chi connectivity index (χ1v) is 10.2. The predicted octanol–water partition coefficient (Wildman–Crippen LogP) is 1.08. The highest BCUT2D eigenvalue weighted by Crippen LogP contribution is 2.24. The molecular formula is C17H22N4O4S. The molecular weight excluding hydrogens is 356 g/mol. The van der Waals surface area contributed by atoms with Gasteiger partial charge in [0.2, 0.25) is 15.9 Å². The van der Waals surface area contributed by atoms with Gasteiger partial charge in [-0.05, 0) is 31.9 Å². The van der Waals surface area contributed by atoms with Gasteiger partial charge in [-0.25, -0.2) is 17.5 Å². The Balaban J connectivity index is 1.77. The molecule has 9 heteroatoms. The van der Waals surface area contributed by atoms with Crippen molar-refractivity contribution in [3.8, 4) is 5.69 Å². The van der Waals surface area contributed by atoms with E-state index in [2.05, 4.69) is 10.3 Å². The number of piperidine rings is 1. The molecule has 2 N–H and O–H groups in total. The Hall–Kier alpha value is -2.39. The molecule has 0 atom stereocenters. The number of nitrogens with zero attached hydrogens (tertiary/aromatic N) is 2. The number of benzene rings is 1. The number of sulfonamides is 1. The third kappa shape index (κ3) is 3.73. The van der Waals surface area contributed by atoms with Crippen molar-refractivity contribution in [3.63, 3.8) is 0 Å². The zero-order chi connectivity index (χ0) is 18.9. The summed E-state index contributed by atoms with van der Waals surface area (Å²) in [5, 5.41) is 2.90. The van der Waals surface area contributed by atoms with Crippen molar-refractivity contribution >= 4 is 21.6 Å². The smallest absolute Gasteiger partial charge is 0.324 e. The normalized spacial score (nSPS) is 16.5. The van der Waals surface area contributed by atoms with Crippen LogP contribution < -0.4 is 11.0 Å². The van der Waals surface area contributed by atoms with Crippen molar-refractivity contribution in [2.75, 3.05) is 24.7 Å². The molecule has 2 aromatic rings. The summed E-state index contributed by atoms with van der Waals surface area (Å²) in [6.07, 6.45) is 3.75. The molecule has 0 bridgehead atoms. The van der Waals surface area contributed by atoms with Crippen LogP contribution in [-0.2, 0) is 14.8 Å². The van der Waals surface area contributed by atoms with Crippen LogP contribution in [0.4, 0.5) is 5.69 Å². The number of H-pyrrole nitrogens is 1. The van der Waals surface area contributed by atoms with Crippen LogP contribution in [0, 0.1) is 12.8 Å². The van der Waals surface area contributed by atoms with E-state index in [9.17, 15) is 18.0 Å². The largest absolute Gasteiger partial charge is 0.330 e. The maximum absolute atomic E-state index is 12.6. The van der Waals surface area contributed by atoms with Gasteiger partial charge in [-0.2, -0.15) is 0 Å². The molecule has 140 valence electrons. The van der Waals surface area contributed by atoms with Crippen LogP contribution in [0.2, 0.25) is 0 Å². The third-order valence-corrected chi connectivity index (χ3v) is 5.96. The second-order valence-corrected chi connectivity index (χ2v) is 8.50. The molecule has 0 aliphatic carbocycles. The van der Waals surface area contributed by atoms with E-state index >= 15 is 0 Å². The molecule has 1 fully saturated rings. The van der Waals surface area contributed by atoms with Gasteiger partial charge in [-0.3, -0.25) is 9.36 Å². The number of rotatable bonds is 4. The highest BCUT2D eigenvalue weighted by Gasteiger charge is 2.29. The number of imidazole rings is 1. The Labute approximate surface area is 151 Å². The van der Waals surface area contributed by atoms with E-state index in [4.69, 9.17) is 0 Å². The fourth-order valence-corrected chi connectivity index (χ4v) is 4.09. The van der Waals surface area contributed by atoms with Crippen LogP contribution in [0.5, 0.6) is 0 Å². The molecule has 0 saturated carbocycles. The van der Waals surface area contributed by atoms with Crippen LogP contribution in [0.25, 0.3) is 5.69 Å². The minimum Gasteiger partial charge on any atom is -0.324 e. The molecule has 1 aliphatic heterocycles. The van der Waals surface area contributed by atoms with Crippen molar-refractivity contribution in [1.29, 1.82) is 0 Å². The number of aromatic amines is 1. The first kappa shape index (κ1) is 18.4. The van der Waals surface area contributed by atoms with Crippen molar-refractivity contribution < 1.29 is 13.2 Å². The van der Waals surface area contributed by atoms with Crippen molar-refractivity contribution in [2.24, 2.45) is 5.92 Å². The van der Waals surface area contributed by atoms with E-state index in [0.717, 1.165) is 5.69 Å². The molecule has 2 heterocycles. The number of hydrogen-bond donors (Lipinski definition) is 2. The maximum Gasteiger partial charge on any atom is 0.330 e. The number of carbonyl (C=O) groups is 1. The summed E-state index contributed by atoms with van der Waals surface area (Å²) in [7, 11) is -3.22. The summed E-state index contributed by atoms with van der Waals surface area (Å²) < 4.78 is 26.1. The summed E-state index contributed by atoms with van der Waals surface area (Å²) in [4.78, 5) is 27.3. The Bertz CT molecular complexity index is 969. The molecule has 1 saturated heterocycles. The van der Waals surface area contributed by atoms with Crippen LogP contribution in [-0.4, -0.2) is 47.5 Å². The van der Waals surface area contributed by atoms with E-state index in [1.807, 2.05) is 0 Å². The lowest BCUT2D eigenvalue weighted by Gasteiger charge is -2.29. The van der Waals surface area contributed by atoms with Gasteiger partial charge in [0.05, 0.1) is 17.6 Å². The van der Waals surface area contributed by atoms with Crippen molar-refractivity contribution in [3.05, 3.63) is 46.6 Å². The minimum atomic E-state index is -3.22. The number of hydrogen-bond acceptors (Lipinski definition) is 4. The monoisotopic (exact) mass is 378 g/mol. The van der Waals surface area contributed by atoms with Crippen LogP contribution in [0.3, 0.4) is 0 Å². The SMILES string of the molecule is Cc1c[nH]c(=O)n1-c1ccccc1NC(=O)C1CCN(S(C)(=O)=O)CC1. The second kappa shape index (κ2) is 7.08. The topological polar surface area (TPSA) is 104 Å². The Kier molecular flexibility index (Phi) is 5.01. The van der Waals surface area contributed by atoms with Gasteiger partial charge in [0.15, 0.2) is 0 Å². The Morgan fingerprint density at radius 3 is 2.46 bits per heavy atom. The molecule has 1 aliphatic rings. The average Bonchev–Trinajstić information content (AvgIpc) is 2.93. The quantitative estimate of drug-likeness (QED) is 0.831. The Morgan fingerprint density at radius 1 is 1.23 bits per heavy atom. The zero-order valence-corrected chi connectivity index (χ0v) is 15.5. The lowest BCUT2D eigenvalue weighted by Crippen LogP contribution is -2.41. The number of aryl methyl sites for hydroxylation is 1. The maximum atomic E-state index is 12.6. The van der Waals surface area contributed by atoms with Crippen LogP contribution >= 0.6 is 0 Å². The highest BCUT2D eigenvalue weighted by molar-refractivity contribution is 7.88. The number of anilines is 1. The standard InChI is InChI=1S/C17H22N4O4S/c1-12-11-18-17(23)21(12)15-6-4-3-5-14(15)19-16(22)13-7-9-20(10-8-13)26(2,24)25/h3-6,11,13H,7-10H2,1-2H3,(H,18,23)(H,19,22). The summed E-state index contributed by atoms with van der Waals surface area (Å²) in [5.41, 5.74) is 1.61. The lowest BCUT2D eigenvalue weighted by atomic mass is 9.97. The molecule has 8 nitrogen and oxygen atoms in total. The van der Waals surface area contributed by atoms with Gasteiger partial charge >= 0.3 is 5.69 Å². The highest BCUT2D eigenvalue weighted by atomic mass is 32.2. The van der Waals surface area contributed by atoms with Crippen LogP contribution in [0.15, 0.2) is 35.3 Å². The third-order valence-electron chi connectivity index (χ3n) is 4.66. The molecule has 0 spiro atoms. The molecule has 3 rings (SSSR count). The molecule has 1 aromatic carbocycles. The van der Waals surface area contributed by atoms with Gasteiger partial charge in [0.25, 0.3) is 0 Å². The first-order valence-electron chi connectivity index (χ1n) is 8.40.